The molecule has 0 aromatic heterocycles. The van der Waals surface area contributed by atoms with Crippen LogP contribution in [0, 0.1) is 29.6 Å². The number of hydrogen-bond acceptors (Lipinski definition) is 3. The Balaban J connectivity index is 1.70. The SMILES string of the molecule is C#C[C@@]1(OC(C)=O)CC[C@H]2[C@@H]3CCc4cc(O)ccc4[C@H]3CC[C@@]21C. The fraction of sp³-hybridized carbons (Fsp3) is 0.591. The molecule has 1 aromatic carbocycles. The smallest absolute Gasteiger partial charge is 0.304 e. The van der Waals surface area contributed by atoms with Crippen LogP contribution in [0.5, 0.6) is 5.75 Å². The van der Waals surface area contributed by atoms with Crippen LogP contribution in [-0.2, 0) is 16.0 Å². The van der Waals surface area contributed by atoms with Crippen molar-refractivity contribution in [2.24, 2.45) is 17.3 Å². The van der Waals surface area contributed by atoms with Crippen LogP contribution in [-0.4, -0.2) is 16.7 Å². The molecule has 0 bridgehead atoms. The molecule has 1 N–H and O–H groups in total. The number of carbonyl (C=O) groups is 1. The molecule has 3 aliphatic carbocycles. The normalized spacial score (nSPS) is 38.8. The van der Waals surface area contributed by atoms with Gasteiger partial charge in [-0.1, -0.05) is 18.9 Å². The largest absolute Gasteiger partial charge is 0.508 e. The van der Waals surface area contributed by atoms with Gasteiger partial charge in [0, 0.05) is 12.3 Å². The van der Waals surface area contributed by atoms with E-state index in [1.165, 1.54) is 18.1 Å². The minimum absolute atomic E-state index is 0.136. The van der Waals surface area contributed by atoms with Crippen molar-refractivity contribution in [1.29, 1.82) is 0 Å². The molecule has 0 amide bonds. The van der Waals surface area contributed by atoms with Gasteiger partial charge in [0.2, 0.25) is 0 Å². The monoisotopic (exact) mass is 338 g/mol. The first-order valence-electron chi connectivity index (χ1n) is 9.39. The molecule has 2 saturated carbocycles. The Morgan fingerprint density at radius 1 is 1.32 bits per heavy atom. The van der Waals surface area contributed by atoms with Crippen LogP contribution in [0.2, 0.25) is 0 Å². The fourth-order valence-corrected chi connectivity index (χ4v) is 6.25. The summed E-state index contributed by atoms with van der Waals surface area (Å²) in [5.41, 5.74) is 1.82. The maximum Gasteiger partial charge on any atom is 0.304 e. The number of rotatable bonds is 1. The number of ether oxygens (including phenoxy) is 1. The maximum absolute atomic E-state index is 11.7. The van der Waals surface area contributed by atoms with Crippen LogP contribution in [0.25, 0.3) is 0 Å². The van der Waals surface area contributed by atoms with Gasteiger partial charge in [-0.2, -0.15) is 0 Å². The lowest BCUT2D eigenvalue weighted by atomic mass is 9.53. The topological polar surface area (TPSA) is 46.5 Å². The third-order valence-electron chi connectivity index (χ3n) is 7.38. The van der Waals surface area contributed by atoms with Crippen LogP contribution in [0.3, 0.4) is 0 Å². The van der Waals surface area contributed by atoms with Crippen molar-refractivity contribution in [2.75, 3.05) is 0 Å². The zero-order valence-electron chi connectivity index (χ0n) is 15.0. The second-order valence-electron chi connectivity index (χ2n) is 8.36. The minimum Gasteiger partial charge on any atom is -0.508 e. The molecule has 0 saturated heterocycles. The Bertz CT molecular complexity index is 761. The molecule has 132 valence electrons. The predicted octanol–water partition coefficient (Wildman–Crippen LogP) is 4.18. The van der Waals surface area contributed by atoms with Crippen molar-refractivity contribution in [3.8, 4) is 18.1 Å². The summed E-state index contributed by atoms with van der Waals surface area (Å²) in [6.45, 7) is 3.71. The second kappa shape index (κ2) is 5.53. The molecule has 5 atom stereocenters. The van der Waals surface area contributed by atoms with Gasteiger partial charge in [-0.15, -0.1) is 6.42 Å². The van der Waals surface area contributed by atoms with Crippen molar-refractivity contribution < 1.29 is 14.6 Å². The van der Waals surface area contributed by atoms with Crippen molar-refractivity contribution in [3.63, 3.8) is 0 Å². The Morgan fingerprint density at radius 3 is 2.84 bits per heavy atom. The summed E-state index contributed by atoms with van der Waals surface area (Å²) in [4.78, 5) is 11.7. The van der Waals surface area contributed by atoms with E-state index in [4.69, 9.17) is 11.2 Å². The van der Waals surface area contributed by atoms with Crippen molar-refractivity contribution in [2.45, 2.75) is 63.9 Å². The van der Waals surface area contributed by atoms with Gasteiger partial charge >= 0.3 is 5.97 Å². The molecular weight excluding hydrogens is 312 g/mol. The zero-order valence-corrected chi connectivity index (χ0v) is 15.0. The lowest BCUT2D eigenvalue weighted by Crippen LogP contribution is -2.52. The highest BCUT2D eigenvalue weighted by Gasteiger charge is 2.63. The number of aryl methyl sites for hydroxylation is 1. The zero-order chi connectivity index (χ0) is 17.8. The van der Waals surface area contributed by atoms with Crippen molar-refractivity contribution >= 4 is 5.97 Å². The highest BCUT2D eigenvalue weighted by Crippen LogP contribution is 2.65. The number of carbonyl (C=O) groups excluding carboxylic acids is 1. The molecule has 25 heavy (non-hydrogen) atoms. The molecule has 0 unspecified atom stereocenters. The van der Waals surface area contributed by atoms with E-state index in [1.54, 1.807) is 0 Å². The first-order chi connectivity index (χ1) is 11.9. The van der Waals surface area contributed by atoms with Gasteiger partial charge in [-0.25, -0.2) is 0 Å². The third kappa shape index (κ3) is 2.23. The first kappa shape index (κ1) is 16.5. The number of hydrogen-bond donors (Lipinski definition) is 1. The third-order valence-corrected chi connectivity index (χ3v) is 7.38. The summed E-state index contributed by atoms with van der Waals surface area (Å²) in [7, 11) is 0. The summed E-state index contributed by atoms with van der Waals surface area (Å²) in [6, 6.07) is 5.85. The summed E-state index contributed by atoms with van der Waals surface area (Å²) < 4.78 is 5.78. The Labute approximate surface area is 149 Å². The lowest BCUT2D eigenvalue weighted by molar-refractivity contribution is -0.165. The quantitative estimate of drug-likeness (QED) is 0.617. The van der Waals surface area contributed by atoms with E-state index >= 15 is 0 Å². The van der Waals surface area contributed by atoms with Gasteiger partial charge in [0.1, 0.15) is 5.75 Å². The van der Waals surface area contributed by atoms with E-state index in [9.17, 15) is 9.90 Å². The van der Waals surface area contributed by atoms with Gasteiger partial charge in [0.05, 0.1) is 0 Å². The summed E-state index contributed by atoms with van der Waals surface area (Å²) in [5, 5.41) is 9.79. The molecule has 3 aliphatic rings. The van der Waals surface area contributed by atoms with Crippen LogP contribution < -0.4 is 0 Å². The van der Waals surface area contributed by atoms with E-state index in [1.807, 2.05) is 12.1 Å². The molecule has 0 heterocycles. The van der Waals surface area contributed by atoms with Gasteiger partial charge in [0.25, 0.3) is 0 Å². The Hall–Kier alpha value is -1.95. The molecule has 4 rings (SSSR count). The Morgan fingerprint density at radius 2 is 2.12 bits per heavy atom. The predicted molar refractivity (Wildman–Crippen MR) is 96.1 cm³/mol. The lowest BCUT2D eigenvalue weighted by Gasteiger charge is -2.52. The molecule has 3 heteroatoms. The van der Waals surface area contributed by atoms with E-state index < -0.39 is 5.60 Å². The average molecular weight is 338 g/mol. The van der Waals surface area contributed by atoms with Gasteiger partial charge in [-0.3, -0.25) is 4.79 Å². The highest BCUT2D eigenvalue weighted by atomic mass is 16.6. The minimum atomic E-state index is -0.746. The number of aromatic hydroxyl groups is 1. The number of fused-ring (bicyclic) bond motifs is 5. The van der Waals surface area contributed by atoms with Crippen LogP contribution in [0.1, 0.15) is 63.0 Å². The molecule has 0 aliphatic heterocycles. The number of benzene rings is 1. The van der Waals surface area contributed by atoms with Gasteiger partial charge in [-0.05, 0) is 79.5 Å². The standard InChI is InChI=1S/C22H26O3/c1-4-22(25-14(2)23)12-10-20-19-7-5-15-13-16(24)6-8-17(15)18(19)9-11-21(20,22)3/h1,6,8,13,18-20,24H,5,7,9-12H2,2-3H3/t18-,19-,20+,21+,22-/m1/s1. The molecule has 1 aromatic rings. The van der Waals surface area contributed by atoms with Gasteiger partial charge in [0.15, 0.2) is 5.60 Å². The maximum atomic E-state index is 11.7. The van der Waals surface area contributed by atoms with E-state index in [0.29, 0.717) is 23.5 Å². The van der Waals surface area contributed by atoms with E-state index in [2.05, 4.69) is 18.9 Å². The summed E-state index contributed by atoms with van der Waals surface area (Å²) in [5.74, 6) is 4.59. The van der Waals surface area contributed by atoms with Gasteiger partial charge < -0.3 is 9.84 Å². The van der Waals surface area contributed by atoms with E-state index in [-0.39, 0.29) is 11.4 Å². The second-order valence-corrected chi connectivity index (χ2v) is 8.36. The average Bonchev–Trinajstić information content (AvgIpc) is 2.87. The number of terminal acetylenes is 1. The summed E-state index contributed by atoms with van der Waals surface area (Å²) >= 11 is 0. The van der Waals surface area contributed by atoms with Crippen molar-refractivity contribution in [3.05, 3.63) is 29.3 Å². The number of esters is 1. The highest BCUT2D eigenvalue weighted by molar-refractivity contribution is 5.67. The molecule has 3 nitrogen and oxygen atoms in total. The molecular formula is C22H26O3. The van der Waals surface area contributed by atoms with Crippen molar-refractivity contribution in [1.82, 2.24) is 0 Å². The van der Waals surface area contributed by atoms with E-state index in [0.717, 1.165) is 38.5 Å². The fourth-order valence-electron chi connectivity index (χ4n) is 6.25. The van der Waals surface area contributed by atoms with Crippen LogP contribution in [0.15, 0.2) is 18.2 Å². The molecule has 0 radical (unpaired) electrons. The van der Waals surface area contributed by atoms with Crippen LogP contribution >= 0.6 is 0 Å². The first-order valence-corrected chi connectivity index (χ1v) is 9.39. The van der Waals surface area contributed by atoms with Crippen LogP contribution in [0.4, 0.5) is 0 Å². The number of phenols is 1. The molecule has 2 fully saturated rings. The number of phenolic OH excluding ortho intramolecular Hbond substituents is 1. The molecule has 0 spiro atoms. The Kier molecular flexibility index (Phi) is 3.65. The summed E-state index contributed by atoms with van der Waals surface area (Å²) in [6.07, 6.45) is 11.9.